The van der Waals surface area contributed by atoms with E-state index < -0.39 is 10.5 Å². The predicted octanol–water partition coefficient (Wildman–Crippen LogP) is 1.90. The average molecular weight is 201 g/mol. The van der Waals surface area contributed by atoms with Crippen LogP contribution in [0.1, 0.15) is 5.56 Å². The van der Waals surface area contributed by atoms with Crippen LogP contribution in [0.3, 0.4) is 0 Å². The smallest absolute Gasteiger partial charge is 0.163 e. The van der Waals surface area contributed by atoms with Crippen molar-refractivity contribution in [2.75, 3.05) is 0 Å². The number of hydrogen-bond acceptors (Lipinski definition) is 4. The van der Waals surface area contributed by atoms with Gasteiger partial charge in [0.1, 0.15) is 0 Å². The minimum Gasteiger partial charge on any atom is -0.163 e. The van der Waals surface area contributed by atoms with Crippen molar-refractivity contribution in [3.05, 3.63) is 35.9 Å². The topological polar surface area (TPSA) is 46.5 Å². The number of rotatable bonds is 3. The Morgan fingerprint density at radius 3 is 2.50 bits per heavy atom. The fourth-order valence-electron chi connectivity index (χ4n) is 0.718. The molecule has 5 heteroatoms. The quantitative estimate of drug-likeness (QED) is 0.702. The molecule has 1 aromatic rings. The zero-order valence-corrected chi connectivity index (χ0v) is 7.81. The van der Waals surface area contributed by atoms with Crippen LogP contribution in [0.2, 0.25) is 0 Å². The van der Waals surface area contributed by atoms with E-state index in [4.69, 9.17) is 0 Å². The van der Waals surface area contributed by atoms with E-state index in [1.165, 1.54) is 0 Å². The Hall–Kier alpha value is -0.810. The first-order chi connectivity index (χ1) is 5.79. The molecular weight excluding hydrogens is 194 g/mol. The van der Waals surface area contributed by atoms with Gasteiger partial charge in [0.15, 0.2) is 0 Å². The summed E-state index contributed by atoms with van der Waals surface area (Å²) in [6, 6.07) is 9.58. The van der Waals surface area contributed by atoms with Gasteiger partial charge in [-0.3, -0.25) is 0 Å². The Bertz CT molecular complexity index is 350. The summed E-state index contributed by atoms with van der Waals surface area (Å²) >= 11 is 1.03. The molecule has 0 aliphatic heterocycles. The van der Waals surface area contributed by atoms with Gasteiger partial charge in [-0.25, -0.2) is 0 Å². The summed E-state index contributed by atoms with van der Waals surface area (Å²) in [6.45, 7) is 0. The van der Waals surface area contributed by atoms with E-state index >= 15 is 0 Å². The Balaban J connectivity index is 2.50. The highest BCUT2D eigenvalue weighted by molar-refractivity contribution is 8.00. The molecule has 64 valence electrons. The average Bonchev–Trinajstić information content (AvgIpc) is 2.05. The van der Waals surface area contributed by atoms with Crippen LogP contribution in [0.5, 0.6) is 0 Å². The van der Waals surface area contributed by atoms with Crippen molar-refractivity contribution < 1.29 is 8.42 Å². The normalized spacial score (nSPS) is 9.33. The van der Waals surface area contributed by atoms with Crippen molar-refractivity contribution in [2.24, 2.45) is 3.77 Å². The van der Waals surface area contributed by atoms with Crippen LogP contribution in [0.4, 0.5) is 0 Å². The number of nitrogens with zero attached hydrogens (tertiary/aromatic N) is 1. The van der Waals surface area contributed by atoms with Crippen molar-refractivity contribution in [3.8, 4) is 0 Å². The molecule has 1 rings (SSSR count). The number of hydrogen-bond donors (Lipinski definition) is 0. The maximum absolute atomic E-state index is 10.0. The molecule has 0 bridgehead atoms. The molecule has 0 amide bonds. The zero-order valence-electron chi connectivity index (χ0n) is 6.17. The second-order valence-electron chi connectivity index (χ2n) is 2.05. The van der Waals surface area contributed by atoms with Gasteiger partial charge in [0.05, 0.1) is 0 Å². The van der Waals surface area contributed by atoms with E-state index in [-0.39, 0.29) is 0 Å². The standard InChI is InChI=1S/C7H7NO2S2/c9-12(10)8-11-6-7-4-2-1-3-5-7/h1-5H,6H2. The van der Waals surface area contributed by atoms with Crippen molar-refractivity contribution in [2.45, 2.75) is 5.75 Å². The van der Waals surface area contributed by atoms with Crippen LogP contribution in [0.15, 0.2) is 34.1 Å². The van der Waals surface area contributed by atoms with E-state index in [0.717, 1.165) is 17.5 Å². The lowest BCUT2D eigenvalue weighted by atomic mass is 10.2. The second kappa shape index (κ2) is 4.95. The highest BCUT2D eigenvalue weighted by atomic mass is 32.2. The molecule has 0 aliphatic rings. The van der Waals surface area contributed by atoms with Crippen molar-refractivity contribution >= 4 is 22.4 Å². The lowest BCUT2D eigenvalue weighted by Crippen LogP contribution is -1.75. The summed E-state index contributed by atoms with van der Waals surface area (Å²) in [7, 11) is -2.30. The Kier molecular flexibility index (Phi) is 3.83. The van der Waals surface area contributed by atoms with Crippen molar-refractivity contribution in [1.29, 1.82) is 0 Å². The molecule has 0 radical (unpaired) electrons. The van der Waals surface area contributed by atoms with Crippen LogP contribution < -0.4 is 0 Å². The monoisotopic (exact) mass is 201 g/mol. The first kappa shape index (κ1) is 9.28. The zero-order chi connectivity index (χ0) is 8.81. The van der Waals surface area contributed by atoms with E-state index in [0.29, 0.717) is 5.75 Å². The van der Waals surface area contributed by atoms with Gasteiger partial charge in [-0.05, 0) is 17.5 Å². The summed E-state index contributed by atoms with van der Waals surface area (Å²) in [5.74, 6) is 0.592. The molecule has 0 saturated carbocycles. The minimum absolute atomic E-state index is 0.592. The first-order valence-corrected chi connectivity index (χ1v) is 5.23. The van der Waals surface area contributed by atoms with Gasteiger partial charge >= 0.3 is 10.5 Å². The molecule has 0 unspecified atom stereocenters. The molecule has 0 aliphatic carbocycles. The van der Waals surface area contributed by atoms with E-state index in [2.05, 4.69) is 3.77 Å². The third kappa shape index (κ3) is 3.54. The molecule has 0 fully saturated rings. The molecule has 3 nitrogen and oxygen atoms in total. The fraction of sp³-hybridized carbons (Fsp3) is 0.143. The van der Waals surface area contributed by atoms with Crippen LogP contribution in [0.25, 0.3) is 0 Å². The second-order valence-corrected chi connectivity index (χ2v) is 3.63. The van der Waals surface area contributed by atoms with Gasteiger partial charge in [-0.15, -0.1) is 0 Å². The summed E-state index contributed by atoms with van der Waals surface area (Å²) in [5, 5.41) is 0. The lowest BCUT2D eigenvalue weighted by Gasteiger charge is -1.92. The maximum Gasteiger partial charge on any atom is 0.322 e. The third-order valence-electron chi connectivity index (χ3n) is 1.19. The number of benzene rings is 1. The molecule has 0 spiro atoms. The molecule has 1 aromatic carbocycles. The molecule has 0 atom stereocenters. The van der Waals surface area contributed by atoms with Crippen LogP contribution >= 0.6 is 11.9 Å². The third-order valence-corrected chi connectivity index (χ3v) is 2.56. The van der Waals surface area contributed by atoms with E-state index in [1.54, 1.807) is 0 Å². The van der Waals surface area contributed by atoms with Gasteiger partial charge in [0.2, 0.25) is 0 Å². The van der Waals surface area contributed by atoms with Crippen molar-refractivity contribution in [1.82, 2.24) is 0 Å². The molecule has 0 heterocycles. The lowest BCUT2D eigenvalue weighted by molar-refractivity contribution is 0.623. The van der Waals surface area contributed by atoms with Gasteiger partial charge in [0.25, 0.3) is 0 Å². The SMILES string of the molecule is O=S(=O)=NSCc1ccccc1. The van der Waals surface area contributed by atoms with Crippen LogP contribution in [0, 0.1) is 0 Å². The van der Waals surface area contributed by atoms with Gasteiger partial charge in [-0.2, -0.15) is 8.42 Å². The first-order valence-electron chi connectivity index (χ1n) is 3.25. The largest absolute Gasteiger partial charge is 0.322 e. The summed E-state index contributed by atoms with van der Waals surface area (Å²) in [5.41, 5.74) is 1.07. The fourth-order valence-corrected chi connectivity index (χ4v) is 1.61. The summed E-state index contributed by atoms with van der Waals surface area (Å²) in [6.07, 6.45) is 0. The molecule has 0 aromatic heterocycles. The Morgan fingerprint density at radius 2 is 1.92 bits per heavy atom. The molecule has 0 N–H and O–H groups in total. The molecular formula is C7H7NO2S2. The highest BCUT2D eigenvalue weighted by Gasteiger charge is 1.89. The molecule has 12 heavy (non-hydrogen) atoms. The minimum atomic E-state index is -2.30. The highest BCUT2D eigenvalue weighted by Crippen LogP contribution is 2.11. The Labute approximate surface area is 76.6 Å². The molecule has 0 saturated heterocycles. The Morgan fingerprint density at radius 1 is 1.25 bits per heavy atom. The van der Waals surface area contributed by atoms with Gasteiger partial charge < -0.3 is 0 Å². The van der Waals surface area contributed by atoms with E-state index in [9.17, 15) is 8.42 Å². The predicted molar refractivity (Wildman–Crippen MR) is 49.1 cm³/mol. The summed E-state index contributed by atoms with van der Waals surface area (Å²) < 4.78 is 23.3. The van der Waals surface area contributed by atoms with Crippen molar-refractivity contribution in [3.63, 3.8) is 0 Å². The van der Waals surface area contributed by atoms with Crippen LogP contribution in [-0.4, -0.2) is 8.42 Å². The van der Waals surface area contributed by atoms with Crippen LogP contribution in [-0.2, 0) is 16.3 Å². The van der Waals surface area contributed by atoms with Gasteiger partial charge in [-0.1, -0.05) is 34.1 Å². The van der Waals surface area contributed by atoms with E-state index in [1.807, 2.05) is 30.3 Å². The van der Waals surface area contributed by atoms with Gasteiger partial charge in [0, 0.05) is 5.75 Å². The maximum atomic E-state index is 10.0. The summed E-state index contributed by atoms with van der Waals surface area (Å²) in [4.78, 5) is 0.